The second-order valence-electron chi connectivity index (χ2n) is 18.5. The number of hydrazine groups is 2. The van der Waals surface area contributed by atoms with E-state index in [1.54, 1.807) is 22.2 Å². The fourth-order valence-corrected chi connectivity index (χ4v) is 10.3. The zero-order chi connectivity index (χ0) is 43.3. The molecule has 1 aromatic carbocycles. The number of methoxy groups -OCH3 is 1. The monoisotopic (exact) mass is 853 g/mol. The Morgan fingerprint density at radius 2 is 1.89 bits per heavy atom. The lowest BCUT2D eigenvalue weighted by Crippen LogP contribution is -2.65. The van der Waals surface area contributed by atoms with Gasteiger partial charge in [0.05, 0.1) is 46.7 Å². The van der Waals surface area contributed by atoms with Crippen LogP contribution in [0.2, 0.25) is 0 Å². The largest absolute Gasteiger partial charge is 0.464 e. The molecule has 1 saturated carbocycles. The number of ether oxygens (including phenoxy) is 2. The molecule has 0 unspecified atom stereocenters. The van der Waals surface area contributed by atoms with Crippen LogP contribution in [-0.4, -0.2) is 132 Å². The van der Waals surface area contributed by atoms with Crippen LogP contribution in [0.15, 0.2) is 35.8 Å². The third-order valence-corrected chi connectivity index (χ3v) is 14.0. The van der Waals surface area contributed by atoms with Crippen LogP contribution in [0.4, 0.5) is 5.69 Å². The molecule has 8 rings (SSSR count). The highest BCUT2D eigenvalue weighted by Crippen LogP contribution is 2.43. The average molecular weight is 854 g/mol. The van der Waals surface area contributed by atoms with Crippen molar-refractivity contribution in [1.82, 2.24) is 39.9 Å². The number of anilines is 1. The summed E-state index contributed by atoms with van der Waals surface area (Å²) in [6.45, 7) is 15.7. The van der Waals surface area contributed by atoms with Crippen molar-refractivity contribution < 1.29 is 23.9 Å². The number of aromatic nitrogens is 3. The number of cyclic esters (lactones) is 1. The topological polar surface area (TPSA) is 129 Å². The molecule has 1 aliphatic carbocycles. The number of fused-ring (bicyclic) bond motifs is 6. The second-order valence-corrected chi connectivity index (χ2v) is 19.5. The summed E-state index contributed by atoms with van der Waals surface area (Å²) in [5.74, 6) is -0.578. The van der Waals surface area contributed by atoms with Gasteiger partial charge in [-0.05, 0) is 76.3 Å². The fourth-order valence-electron chi connectivity index (χ4n) is 9.41. The number of rotatable bonds is 8. The number of benzene rings is 1. The summed E-state index contributed by atoms with van der Waals surface area (Å²) in [6.07, 6.45) is 4.53. The lowest BCUT2D eigenvalue weighted by atomic mass is 9.84. The minimum Gasteiger partial charge on any atom is -0.464 e. The third-order valence-electron chi connectivity index (χ3n) is 13.1. The maximum absolute atomic E-state index is 14.6. The molecule has 0 radical (unpaired) electrons. The van der Waals surface area contributed by atoms with E-state index in [1.165, 1.54) is 11.3 Å². The quantitative estimate of drug-likeness (QED) is 0.216. The van der Waals surface area contributed by atoms with E-state index in [9.17, 15) is 14.4 Å². The van der Waals surface area contributed by atoms with Gasteiger partial charge in [0.25, 0.3) is 5.91 Å². The van der Waals surface area contributed by atoms with Crippen LogP contribution in [0.5, 0.6) is 0 Å². The molecule has 2 saturated heterocycles. The Bertz CT molecular complexity index is 2280. The molecular weight excluding hydrogens is 791 g/mol. The van der Waals surface area contributed by atoms with Gasteiger partial charge in [0.1, 0.15) is 12.1 Å². The van der Waals surface area contributed by atoms with Gasteiger partial charge >= 0.3 is 5.97 Å². The molecule has 61 heavy (non-hydrogen) atoms. The maximum Gasteiger partial charge on any atom is 0.326 e. The van der Waals surface area contributed by atoms with E-state index < -0.39 is 17.5 Å². The summed E-state index contributed by atoms with van der Waals surface area (Å²) in [5.41, 5.74) is 7.63. The minimum absolute atomic E-state index is 0.106. The number of piperazine rings is 1. The van der Waals surface area contributed by atoms with Crippen molar-refractivity contribution in [1.29, 1.82) is 0 Å². The van der Waals surface area contributed by atoms with E-state index in [0.29, 0.717) is 25.8 Å². The highest BCUT2D eigenvalue weighted by atomic mass is 32.1. The van der Waals surface area contributed by atoms with Crippen molar-refractivity contribution in [3.05, 3.63) is 52.1 Å². The molecule has 3 aromatic heterocycles. The predicted molar refractivity (Wildman–Crippen MR) is 239 cm³/mol. The van der Waals surface area contributed by atoms with E-state index in [0.717, 1.165) is 94.5 Å². The smallest absolute Gasteiger partial charge is 0.326 e. The SMILES string of the molecule is CCn1c(-c2cc(N3CCN(C)CC3)cnc2[C@H](C)OC)c2c3cc(ccc31)-c1csc(n1)C[C@@H](NC(=O)[C@H]1C[C@@H]1C)C(=O)N1CCC[C@@H](C(=O)OCC(C)(C)C2)N1N(C)C. The van der Waals surface area contributed by atoms with Crippen LogP contribution < -0.4 is 10.2 Å². The number of aryl methyl sites for hydroxylation is 1. The maximum atomic E-state index is 14.6. The van der Waals surface area contributed by atoms with Crippen molar-refractivity contribution in [3.63, 3.8) is 0 Å². The van der Waals surface area contributed by atoms with Crippen LogP contribution >= 0.6 is 11.3 Å². The number of likely N-dealkylation sites (N-methyl/N-ethyl adjacent to an activating group) is 1. The van der Waals surface area contributed by atoms with E-state index >= 15 is 0 Å². The number of esters is 1. The molecular formula is C46H63N9O5S. The zero-order valence-electron chi connectivity index (χ0n) is 37.4. The van der Waals surface area contributed by atoms with Gasteiger partial charge in [-0.3, -0.25) is 24.4 Å². The Hall–Kier alpha value is -4.41. The molecule has 0 spiro atoms. The van der Waals surface area contributed by atoms with Crippen LogP contribution in [-0.2, 0) is 43.2 Å². The Balaban J connectivity index is 1.28. The standard InChI is InChI=1S/C46H63N9O5S/c1-10-53-38-14-13-30-21-33(38)35(42(53)34-22-31(25-47-41(34)29(3)59-9)52-18-16-51(8)17-19-52)24-46(4,5)27-60-45(58)39-12-11-15-54(55(39)50(6)7)44(57)36(23-40-48-37(30)26-61-40)49-43(56)32-20-28(32)2/h13-14,21-22,25-26,28-29,32,36,39H,10-12,15-20,23-24,27H2,1-9H3,(H,49,56)/t28-,29-,32-,36+,39-/m0/s1. The van der Waals surface area contributed by atoms with Gasteiger partial charge in [-0.25, -0.2) is 9.99 Å². The number of pyridine rings is 1. The van der Waals surface area contributed by atoms with Gasteiger partial charge in [-0.2, -0.15) is 0 Å². The molecule has 328 valence electrons. The first kappa shape index (κ1) is 43.2. The number of thiazole rings is 1. The molecule has 6 bridgehead atoms. The van der Waals surface area contributed by atoms with E-state index in [-0.39, 0.29) is 48.8 Å². The molecule has 5 atom stereocenters. The summed E-state index contributed by atoms with van der Waals surface area (Å²) in [6, 6.07) is 7.29. The van der Waals surface area contributed by atoms with E-state index in [4.69, 9.17) is 19.4 Å². The molecule has 14 nitrogen and oxygen atoms in total. The molecule has 1 N–H and O–H groups in total. The summed E-state index contributed by atoms with van der Waals surface area (Å²) >= 11 is 1.50. The van der Waals surface area contributed by atoms with Gasteiger partial charge < -0.3 is 29.2 Å². The first-order valence-corrected chi connectivity index (χ1v) is 22.9. The number of nitrogens with one attached hydrogen (secondary N) is 1. The lowest BCUT2D eigenvalue weighted by Gasteiger charge is -2.46. The predicted octanol–water partition coefficient (Wildman–Crippen LogP) is 5.80. The number of hydrogen-bond acceptors (Lipinski definition) is 12. The second kappa shape index (κ2) is 17.4. The Labute approximate surface area is 364 Å². The molecule has 3 aliphatic heterocycles. The average Bonchev–Trinajstić information content (AvgIpc) is 3.67. The van der Waals surface area contributed by atoms with Crippen LogP contribution in [0.1, 0.15) is 76.3 Å². The Kier molecular flexibility index (Phi) is 12.3. The molecule has 6 heterocycles. The molecule has 4 aliphatic rings. The highest BCUT2D eigenvalue weighted by molar-refractivity contribution is 7.10. The molecule has 4 aromatic rings. The van der Waals surface area contributed by atoms with Gasteiger partial charge in [0.15, 0.2) is 0 Å². The van der Waals surface area contributed by atoms with Crippen molar-refractivity contribution in [3.8, 4) is 22.5 Å². The normalized spacial score (nSPS) is 24.5. The number of hydrogen-bond donors (Lipinski definition) is 1. The van der Waals surface area contributed by atoms with Crippen molar-refractivity contribution in [2.24, 2.45) is 17.3 Å². The number of carbonyl (C=O) groups is 3. The first-order valence-electron chi connectivity index (χ1n) is 22.0. The number of amides is 2. The first-order chi connectivity index (χ1) is 29.2. The van der Waals surface area contributed by atoms with Crippen molar-refractivity contribution in [2.75, 3.05) is 72.5 Å². The number of carbonyl (C=O) groups excluding carboxylic acids is 3. The zero-order valence-corrected chi connectivity index (χ0v) is 38.2. The summed E-state index contributed by atoms with van der Waals surface area (Å²) in [5, 5.41) is 12.1. The summed E-state index contributed by atoms with van der Waals surface area (Å²) in [4.78, 5) is 57.4. The van der Waals surface area contributed by atoms with Crippen LogP contribution in [0.3, 0.4) is 0 Å². The summed E-state index contributed by atoms with van der Waals surface area (Å²) in [7, 11) is 7.56. The van der Waals surface area contributed by atoms with E-state index in [2.05, 4.69) is 91.0 Å². The van der Waals surface area contributed by atoms with Crippen molar-refractivity contribution >= 4 is 45.7 Å². The summed E-state index contributed by atoms with van der Waals surface area (Å²) < 4.78 is 14.7. The Morgan fingerprint density at radius 3 is 2.57 bits per heavy atom. The molecule has 3 fully saturated rings. The lowest BCUT2D eigenvalue weighted by molar-refractivity contribution is -0.222. The van der Waals surface area contributed by atoms with Gasteiger partial charge in [-0.15, -0.1) is 16.5 Å². The molecule has 15 heteroatoms. The van der Waals surface area contributed by atoms with Gasteiger partial charge in [-0.1, -0.05) is 26.8 Å². The number of nitrogens with zero attached hydrogens (tertiary/aromatic N) is 8. The van der Waals surface area contributed by atoms with E-state index in [1.807, 2.05) is 20.3 Å². The van der Waals surface area contributed by atoms with Crippen molar-refractivity contribution in [2.45, 2.75) is 91.5 Å². The fraction of sp³-hybridized carbons (Fsp3) is 0.587. The molecule has 2 amide bonds. The third kappa shape index (κ3) is 8.68. The van der Waals surface area contributed by atoms with Crippen LogP contribution in [0.25, 0.3) is 33.4 Å². The van der Waals surface area contributed by atoms with Gasteiger partial charge in [0.2, 0.25) is 5.91 Å². The van der Waals surface area contributed by atoms with Gasteiger partial charge in [0, 0.05) is 106 Å². The minimum atomic E-state index is -0.858. The Morgan fingerprint density at radius 1 is 1.13 bits per heavy atom. The van der Waals surface area contributed by atoms with Crippen LogP contribution in [0, 0.1) is 17.3 Å². The highest BCUT2D eigenvalue weighted by Gasteiger charge is 2.44.